The van der Waals surface area contributed by atoms with Crippen LogP contribution in [0, 0.1) is 0 Å². The van der Waals surface area contributed by atoms with Crippen molar-refractivity contribution in [3.8, 4) is 0 Å². The van der Waals surface area contributed by atoms with Crippen LogP contribution in [0.25, 0.3) is 17.0 Å². The molecule has 3 aromatic rings. The lowest BCUT2D eigenvalue weighted by molar-refractivity contribution is -0.137. The molecule has 3 heterocycles. The lowest BCUT2D eigenvalue weighted by Gasteiger charge is -2.37. The standard InChI is InChI=1S/C25H30N6O3/c1-3-20-15-28-23(16-27-20)31-10-7-21(8-11-31)29(2)24(32)17-34-13-12-30-9-6-18-4-5-19(25(26)33)14-22(18)30/h3-6,9,14-16,21H,1,7-8,10-13,17H2,2H3,(H2,26,33). The molecule has 0 atom stereocenters. The van der Waals surface area contributed by atoms with E-state index >= 15 is 0 Å². The largest absolute Gasteiger partial charge is 0.370 e. The van der Waals surface area contributed by atoms with Gasteiger partial charge in [-0.25, -0.2) is 4.98 Å². The summed E-state index contributed by atoms with van der Waals surface area (Å²) in [5.74, 6) is 0.368. The molecule has 1 aromatic carbocycles. The number of nitrogens with two attached hydrogens (primary N) is 1. The van der Waals surface area contributed by atoms with Gasteiger partial charge in [-0.05, 0) is 42.5 Å². The Bertz CT molecular complexity index is 1170. The third-order valence-corrected chi connectivity index (χ3v) is 6.36. The normalized spacial score (nSPS) is 14.3. The first-order valence-electron chi connectivity index (χ1n) is 11.4. The number of ether oxygens (including phenoxy) is 1. The van der Waals surface area contributed by atoms with Crippen molar-refractivity contribution in [2.45, 2.75) is 25.4 Å². The molecule has 1 saturated heterocycles. The molecule has 0 radical (unpaired) electrons. The summed E-state index contributed by atoms with van der Waals surface area (Å²) in [6, 6.07) is 7.52. The molecular formula is C25H30N6O3. The predicted octanol–water partition coefficient (Wildman–Crippen LogP) is 2.32. The molecule has 9 heteroatoms. The zero-order chi connectivity index (χ0) is 24.1. The third kappa shape index (κ3) is 5.26. The fourth-order valence-electron chi connectivity index (χ4n) is 4.24. The van der Waals surface area contributed by atoms with Crippen LogP contribution in [0.3, 0.4) is 0 Å². The molecule has 2 amide bonds. The molecule has 2 aromatic heterocycles. The van der Waals surface area contributed by atoms with E-state index in [9.17, 15) is 9.59 Å². The molecular weight excluding hydrogens is 432 g/mol. The Kier molecular flexibility index (Phi) is 7.22. The van der Waals surface area contributed by atoms with E-state index < -0.39 is 5.91 Å². The quantitative estimate of drug-likeness (QED) is 0.489. The van der Waals surface area contributed by atoms with Gasteiger partial charge in [-0.1, -0.05) is 12.6 Å². The molecule has 0 unspecified atom stereocenters. The number of fused-ring (bicyclic) bond motifs is 1. The van der Waals surface area contributed by atoms with E-state index in [2.05, 4.69) is 21.4 Å². The van der Waals surface area contributed by atoms with E-state index in [1.807, 2.05) is 29.9 Å². The van der Waals surface area contributed by atoms with Crippen molar-refractivity contribution in [1.82, 2.24) is 19.4 Å². The summed E-state index contributed by atoms with van der Waals surface area (Å²) in [5, 5.41) is 1.02. The van der Waals surface area contributed by atoms with Gasteiger partial charge in [0.05, 0.1) is 24.7 Å². The van der Waals surface area contributed by atoms with Crippen LogP contribution in [0.5, 0.6) is 0 Å². The molecule has 0 aliphatic carbocycles. The van der Waals surface area contributed by atoms with Crippen LogP contribution in [0.15, 0.2) is 49.4 Å². The highest BCUT2D eigenvalue weighted by Gasteiger charge is 2.26. The lowest BCUT2D eigenvalue weighted by atomic mass is 10.0. The Labute approximate surface area is 198 Å². The molecule has 0 bridgehead atoms. The molecule has 2 N–H and O–H groups in total. The number of carbonyl (C=O) groups excluding carboxylic acids is 2. The predicted molar refractivity (Wildman–Crippen MR) is 131 cm³/mol. The lowest BCUT2D eigenvalue weighted by Crippen LogP contribution is -2.47. The highest BCUT2D eigenvalue weighted by Crippen LogP contribution is 2.21. The maximum Gasteiger partial charge on any atom is 0.248 e. The number of nitrogens with zero attached hydrogens (tertiary/aromatic N) is 5. The van der Waals surface area contributed by atoms with Gasteiger partial charge in [0.2, 0.25) is 11.8 Å². The van der Waals surface area contributed by atoms with Gasteiger partial charge in [-0.3, -0.25) is 14.6 Å². The second-order valence-corrected chi connectivity index (χ2v) is 8.43. The Morgan fingerprint density at radius 1 is 1.24 bits per heavy atom. The SMILES string of the molecule is C=Cc1cnc(N2CCC(N(C)C(=O)COCCn3ccc4ccc(C(N)=O)cc43)CC2)cn1. The zero-order valence-corrected chi connectivity index (χ0v) is 19.4. The van der Waals surface area contributed by atoms with E-state index in [1.165, 1.54) is 0 Å². The van der Waals surface area contributed by atoms with Gasteiger partial charge in [0.1, 0.15) is 12.4 Å². The van der Waals surface area contributed by atoms with Crippen LogP contribution >= 0.6 is 0 Å². The summed E-state index contributed by atoms with van der Waals surface area (Å²) in [6.07, 6.45) is 8.83. The molecule has 1 aliphatic rings. The number of anilines is 1. The number of hydrogen-bond donors (Lipinski definition) is 1. The number of carbonyl (C=O) groups is 2. The smallest absolute Gasteiger partial charge is 0.248 e. The van der Waals surface area contributed by atoms with E-state index in [4.69, 9.17) is 10.5 Å². The molecule has 9 nitrogen and oxygen atoms in total. The summed E-state index contributed by atoms with van der Waals surface area (Å²) < 4.78 is 7.68. The Balaban J connectivity index is 1.22. The van der Waals surface area contributed by atoms with Crippen molar-refractivity contribution in [2.75, 3.05) is 38.3 Å². The highest BCUT2D eigenvalue weighted by molar-refractivity contribution is 5.97. The summed E-state index contributed by atoms with van der Waals surface area (Å²) in [5.41, 5.74) is 7.53. The highest BCUT2D eigenvalue weighted by atomic mass is 16.5. The van der Waals surface area contributed by atoms with Gasteiger partial charge in [0.25, 0.3) is 0 Å². The van der Waals surface area contributed by atoms with Crippen LogP contribution in [-0.4, -0.2) is 70.6 Å². The molecule has 0 saturated carbocycles. The van der Waals surface area contributed by atoms with E-state index in [0.29, 0.717) is 18.7 Å². The van der Waals surface area contributed by atoms with Crippen LogP contribution in [-0.2, 0) is 16.1 Å². The molecule has 4 rings (SSSR count). The number of aromatic nitrogens is 3. The van der Waals surface area contributed by atoms with Crippen molar-refractivity contribution in [1.29, 1.82) is 0 Å². The second kappa shape index (κ2) is 10.5. The minimum atomic E-state index is -0.455. The van der Waals surface area contributed by atoms with Crippen LogP contribution in [0.4, 0.5) is 5.82 Å². The van der Waals surface area contributed by atoms with Crippen molar-refractivity contribution in [2.24, 2.45) is 5.73 Å². The van der Waals surface area contributed by atoms with Gasteiger partial charge >= 0.3 is 0 Å². The van der Waals surface area contributed by atoms with Gasteiger partial charge in [-0.2, -0.15) is 0 Å². The number of primary amides is 1. The van der Waals surface area contributed by atoms with Crippen LogP contribution in [0.1, 0.15) is 28.9 Å². The topological polar surface area (TPSA) is 107 Å². The minimum absolute atomic E-state index is 0.0260. The van der Waals surface area contributed by atoms with Crippen LogP contribution < -0.4 is 10.6 Å². The number of likely N-dealkylation sites (N-methyl/N-ethyl adjacent to an activating group) is 1. The maximum atomic E-state index is 12.7. The summed E-state index contributed by atoms with van der Waals surface area (Å²) in [7, 11) is 1.84. The Morgan fingerprint density at radius 2 is 2.03 bits per heavy atom. The Hall–Kier alpha value is -3.72. The number of benzene rings is 1. The third-order valence-electron chi connectivity index (χ3n) is 6.36. The van der Waals surface area contributed by atoms with Gasteiger partial charge in [-0.15, -0.1) is 0 Å². The molecule has 1 aliphatic heterocycles. The summed E-state index contributed by atoms with van der Waals surface area (Å²) >= 11 is 0. The number of rotatable bonds is 9. The number of hydrogen-bond acceptors (Lipinski definition) is 6. The van der Waals surface area contributed by atoms with Crippen molar-refractivity contribution < 1.29 is 14.3 Å². The van der Waals surface area contributed by atoms with E-state index in [1.54, 1.807) is 35.5 Å². The average molecular weight is 463 g/mol. The Morgan fingerprint density at radius 3 is 2.71 bits per heavy atom. The number of piperidine rings is 1. The fraction of sp³-hybridized carbons (Fsp3) is 0.360. The summed E-state index contributed by atoms with van der Waals surface area (Å²) in [6.45, 7) is 6.34. The molecule has 34 heavy (non-hydrogen) atoms. The first kappa shape index (κ1) is 23.4. The number of amides is 2. The molecule has 0 spiro atoms. The molecule has 1 fully saturated rings. The average Bonchev–Trinajstić information content (AvgIpc) is 3.28. The first-order chi connectivity index (χ1) is 16.5. The van der Waals surface area contributed by atoms with Crippen molar-refractivity contribution in [3.05, 3.63) is 60.7 Å². The van der Waals surface area contributed by atoms with Gasteiger partial charge in [0, 0.05) is 50.0 Å². The van der Waals surface area contributed by atoms with E-state index in [0.717, 1.165) is 48.3 Å². The monoisotopic (exact) mass is 462 g/mol. The zero-order valence-electron chi connectivity index (χ0n) is 19.4. The van der Waals surface area contributed by atoms with E-state index in [-0.39, 0.29) is 18.6 Å². The maximum absolute atomic E-state index is 12.7. The van der Waals surface area contributed by atoms with Crippen molar-refractivity contribution in [3.63, 3.8) is 0 Å². The molecule has 178 valence electrons. The summed E-state index contributed by atoms with van der Waals surface area (Å²) in [4.78, 5) is 36.9. The van der Waals surface area contributed by atoms with Gasteiger partial charge < -0.3 is 24.8 Å². The fourth-order valence-corrected chi connectivity index (χ4v) is 4.24. The first-order valence-corrected chi connectivity index (χ1v) is 11.4. The van der Waals surface area contributed by atoms with Crippen molar-refractivity contribution >= 4 is 34.6 Å². The van der Waals surface area contributed by atoms with Gasteiger partial charge in [0.15, 0.2) is 0 Å². The minimum Gasteiger partial charge on any atom is -0.370 e. The van der Waals surface area contributed by atoms with Crippen LogP contribution in [0.2, 0.25) is 0 Å². The second-order valence-electron chi connectivity index (χ2n) is 8.43.